The summed E-state index contributed by atoms with van der Waals surface area (Å²) in [7, 11) is 0. The molecule has 1 aromatic carbocycles. The monoisotopic (exact) mass is 242 g/mol. The lowest BCUT2D eigenvalue weighted by Gasteiger charge is -2.03. The lowest BCUT2D eigenvalue weighted by atomic mass is 10.0. The van der Waals surface area contributed by atoms with Gasteiger partial charge >= 0.3 is 0 Å². The molecule has 0 saturated heterocycles. The molecule has 3 nitrogen and oxygen atoms in total. The Hall–Kier alpha value is -2.20. The van der Waals surface area contributed by atoms with Crippen LogP contribution in [0.1, 0.15) is 5.69 Å². The number of fused-ring (bicyclic) bond motifs is 1. The molecule has 2 aromatic heterocycles. The number of rotatable bonds is 2. The van der Waals surface area contributed by atoms with E-state index in [1.165, 1.54) is 12.1 Å². The average Bonchev–Trinajstić information content (AvgIpc) is 2.77. The van der Waals surface area contributed by atoms with E-state index in [1.807, 2.05) is 18.2 Å². The minimum absolute atomic E-state index is 0.137. The van der Waals surface area contributed by atoms with Crippen molar-refractivity contribution < 1.29 is 9.50 Å². The summed E-state index contributed by atoms with van der Waals surface area (Å²) >= 11 is 0. The molecule has 0 aliphatic heterocycles. The predicted molar refractivity (Wildman–Crippen MR) is 67.4 cm³/mol. The zero-order chi connectivity index (χ0) is 12.5. The van der Waals surface area contributed by atoms with Gasteiger partial charge in [-0.3, -0.25) is 0 Å². The van der Waals surface area contributed by atoms with Crippen LogP contribution in [-0.4, -0.2) is 15.1 Å². The van der Waals surface area contributed by atoms with Crippen LogP contribution in [0.4, 0.5) is 4.39 Å². The first-order chi connectivity index (χ1) is 8.79. The van der Waals surface area contributed by atoms with Crippen LogP contribution < -0.4 is 0 Å². The van der Waals surface area contributed by atoms with Crippen LogP contribution in [0.2, 0.25) is 0 Å². The number of hydrogen-bond acceptors (Lipinski definition) is 2. The molecule has 0 aliphatic rings. The van der Waals surface area contributed by atoms with Crippen LogP contribution in [0.25, 0.3) is 22.2 Å². The first-order valence-corrected chi connectivity index (χ1v) is 5.62. The van der Waals surface area contributed by atoms with Crippen molar-refractivity contribution in [3.63, 3.8) is 0 Å². The summed E-state index contributed by atoms with van der Waals surface area (Å²) in [6.07, 6.45) is 1.68. The van der Waals surface area contributed by atoms with Gasteiger partial charge in [0.2, 0.25) is 0 Å². The van der Waals surface area contributed by atoms with E-state index in [-0.39, 0.29) is 12.4 Å². The summed E-state index contributed by atoms with van der Waals surface area (Å²) in [5.41, 5.74) is 2.88. The maximum atomic E-state index is 13.3. The number of hydrogen-bond donors (Lipinski definition) is 2. The van der Waals surface area contributed by atoms with Crippen LogP contribution in [0.15, 0.2) is 42.6 Å². The lowest BCUT2D eigenvalue weighted by molar-refractivity contribution is 0.278. The van der Waals surface area contributed by atoms with Gasteiger partial charge in [-0.15, -0.1) is 0 Å². The molecule has 0 fully saturated rings. The van der Waals surface area contributed by atoms with E-state index < -0.39 is 0 Å². The van der Waals surface area contributed by atoms with E-state index in [9.17, 15) is 9.50 Å². The molecule has 0 amide bonds. The number of aliphatic hydroxyl groups is 1. The van der Waals surface area contributed by atoms with Crippen LogP contribution in [-0.2, 0) is 6.61 Å². The molecule has 18 heavy (non-hydrogen) atoms. The number of nitrogens with zero attached hydrogens (tertiary/aromatic N) is 1. The minimum atomic E-state index is -0.297. The van der Waals surface area contributed by atoms with Gasteiger partial charge in [0.05, 0.1) is 12.3 Å². The number of pyridine rings is 1. The standard InChI is InChI=1S/C14H11FN2O/c15-10-4-1-3-9(7-10)13-11-5-2-6-16-14(11)17-12(13)8-18/h1-7,18H,8H2,(H,16,17). The van der Waals surface area contributed by atoms with E-state index in [4.69, 9.17) is 0 Å². The maximum Gasteiger partial charge on any atom is 0.138 e. The fraction of sp³-hybridized carbons (Fsp3) is 0.0714. The SMILES string of the molecule is OCc1[nH]c2ncccc2c1-c1cccc(F)c1. The number of nitrogens with one attached hydrogen (secondary N) is 1. The van der Waals surface area contributed by atoms with Crippen molar-refractivity contribution in [3.8, 4) is 11.1 Å². The second-order valence-corrected chi connectivity index (χ2v) is 4.05. The summed E-state index contributed by atoms with van der Waals surface area (Å²) in [5.74, 6) is -0.297. The first kappa shape index (κ1) is 10.9. The van der Waals surface area contributed by atoms with E-state index in [1.54, 1.807) is 12.3 Å². The van der Waals surface area contributed by atoms with Gasteiger partial charge in [0, 0.05) is 17.1 Å². The largest absolute Gasteiger partial charge is 0.390 e. The quantitative estimate of drug-likeness (QED) is 0.726. The second kappa shape index (κ2) is 4.23. The van der Waals surface area contributed by atoms with Gasteiger partial charge in [0.25, 0.3) is 0 Å². The van der Waals surface area contributed by atoms with Gasteiger partial charge in [-0.05, 0) is 29.8 Å². The van der Waals surface area contributed by atoms with Gasteiger partial charge < -0.3 is 10.1 Å². The van der Waals surface area contributed by atoms with Crippen molar-refractivity contribution >= 4 is 11.0 Å². The summed E-state index contributed by atoms with van der Waals surface area (Å²) in [4.78, 5) is 7.25. The molecule has 2 N–H and O–H groups in total. The van der Waals surface area contributed by atoms with Crippen molar-refractivity contribution in [2.24, 2.45) is 0 Å². The van der Waals surface area contributed by atoms with Crippen molar-refractivity contribution in [1.82, 2.24) is 9.97 Å². The maximum absolute atomic E-state index is 13.3. The van der Waals surface area contributed by atoms with Gasteiger partial charge in [-0.2, -0.15) is 0 Å². The highest BCUT2D eigenvalue weighted by Gasteiger charge is 2.13. The van der Waals surface area contributed by atoms with Crippen molar-refractivity contribution in [3.05, 3.63) is 54.1 Å². The molecular formula is C14H11FN2O. The van der Waals surface area contributed by atoms with Crippen LogP contribution in [0, 0.1) is 5.82 Å². The minimum Gasteiger partial charge on any atom is -0.390 e. The fourth-order valence-electron chi connectivity index (χ4n) is 2.17. The Bertz CT molecular complexity index is 706. The summed E-state index contributed by atoms with van der Waals surface area (Å²) < 4.78 is 13.3. The Balaban J connectivity index is 2.33. The van der Waals surface area contributed by atoms with Gasteiger partial charge in [0.15, 0.2) is 0 Å². The molecule has 0 aliphatic carbocycles. The molecule has 2 heterocycles. The van der Waals surface area contributed by atoms with E-state index in [0.29, 0.717) is 11.3 Å². The topological polar surface area (TPSA) is 48.9 Å². The Kier molecular flexibility index (Phi) is 2.57. The third-order valence-corrected chi connectivity index (χ3v) is 2.92. The number of halogens is 1. The van der Waals surface area contributed by atoms with E-state index in [0.717, 1.165) is 16.5 Å². The Labute approximate surface area is 103 Å². The van der Waals surface area contributed by atoms with Crippen LogP contribution in [0.5, 0.6) is 0 Å². The van der Waals surface area contributed by atoms with Crippen molar-refractivity contribution in [2.75, 3.05) is 0 Å². The summed E-state index contributed by atoms with van der Waals surface area (Å²) in [5, 5.41) is 10.3. The van der Waals surface area contributed by atoms with Gasteiger partial charge in [-0.25, -0.2) is 9.37 Å². The number of aromatic nitrogens is 2. The third-order valence-electron chi connectivity index (χ3n) is 2.92. The number of benzene rings is 1. The predicted octanol–water partition coefficient (Wildman–Crippen LogP) is 2.86. The molecular weight excluding hydrogens is 231 g/mol. The molecule has 0 bridgehead atoms. The summed E-state index contributed by atoms with van der Waals surface area (Å²) in [6, 6.07) is 10.0. The molecule has 4 heteroatoms. The molecule has 3 rings (SSSR count). The number of H-pyrrole nitrogens is 1. The fourth-order valence-corrected chi connectivity index (χ4v) is 2.17. The number of aliphatic hydroxyl groups excluding tert-OH is 1. The van der Waals surface area contributed by atoms with Gasteiger partial charge in [0.1, 0.15) is 11.5 Å². The molecule has 0 atom stereocenters. The Morgan fingerprint density at radius 1 is 1.22 bits per heavy atom. The lowest BCUT2D eigenvalue weighted by Crippen LogP contribution is -1.87. The Morgan fingerprint density at radius 2 is 2.11 bits per heavy atom. The highest BCUT2D eigenvalue weighted by molar-refractivity contribution is 5.95. The molecule has 90 valence electrons. The zero-order valence-electron chi connectivity index (χ0n) is 9.52. The normalized spacial score (nSPS) is 11.0. The molecule has 0 unspecified atom stereocenters. The van der Waals surface area contributed by atoms with Crippen LogP contribution in [0.3, 0.4) is 0 Å². The van der Waals surface area contributed by atoms with Crippen LogP contribution >= 0.6 is 0 Å². The van der Waals surface area contributed by atoms with Gasteiger partial charge in [-0.1, -0.05) is 12.1 Å². The third kappa shape index (κ3) is 1.67. The highest BCUT2D eigenvalue weighted by atomic mass is 19.1. The van der Waals surface area contributed by atoms with E-state index in [2.05, 4.69) is 9.97 Å². The highest BCUT2D eigenvalue weighted by Crippen LogP contribution is 2.31. The first-order valence-electron chi connectivity index (χ1n) is 5.62. The molecule has 0 radical (unpaired) electrons. The molecule has 0 spiro atoms. The summed E-state index contributed by atoms with van der Waals surface area (Å²) in [6.45, 7) is -0.137. The number of aromatic amines is 1. The zero-order valence-corrected chi connectivity index (χ0v) is 9.52. The van der Waals surface area contributed by atoms with E-state index >= 15 is 0 Å². The Morgan fingerprint density at radius 3 is 2.89 bits per heavy atom. The van der Waals surface area contributed by atoms with Crippen molar-refractivity contribution in [2.45, 2.75) is 6.61 Å². The molecule has 3 aromatic rings. The molecule has 0 saturated carbocycles. The smallest absolute Gasteiger partial charge is 0.138 e. The second-order valence-electron chi connectivity index (χ2n) is 4.05. The average molecular weight is 242 g/mol. The van der Waals surface area contributed by atoms with Crippen molar-refractivity contribution in [1.29, 1.82) is 0 Å².